The van der Waals surface area contributed by atoms with Gasteiger partial charge in [0.25, 0.3) is 0 Å². The lowest BCUT2D eigenvalue weighted by Crippen LogP contribution is -2.26. The number of benzene rings is 1. The van der Waals surface area contributed by atoms with E-state index < -0.39 is 0 Å². The number of hydrogen-bond acceptors (Lipinski definition) is 4. The average molecular weight is 325 g/mol. The molecule has 0 fully saturated rings. The highest BCUT2D eigenvalue weighted by Gasteiger charge is 2.10. The van der Waals surface area contributed by atoms with E-state index in [0.29, 0.717) is 6.42 Å². The summed E-state index contributed by atoms with van der Waals surface area (Å²) in [5.41, 5.74) is 2.06. The molecule has 0 radical (unpaired) electrons. The largest absolute Gasteiger partial charge is 0.350 e. The molecule has 4 nitrogen and oxygen atoms in total. The molecule has 23 heavy (non-hydrogen) atoms. The highest BCUT2D eigenvalue weighted by molar-refractivity contribution is 7.18. The molecule has 0 aliphatic rings. The number of thiazole rings is 1. The minimum Gasteiger partial charge on any atom is -0.350 e. The van der Waals surface area contributed by atoms with Crippen LogP contribution >= 0.6 is 11.3 Å². The third-order valence-corrected chi connectivity index (χ3v) is 4.79. The molecular formula is C18H19N3OS. The van der Waals surface area contributed by atoms with Crippen molar-refractivity contribution in [3.63, 3.8) is 0 Å². The Morgan fingerprint density at radius 3 is 2.91 bits per heavy atom. The molecule has 0 bridgehead atoms. The maximum absolute atomic E-state index is 12.0. The number of aryl methyl sites for hydroxylation is 1. The second-order valence-electron chi connectivity index (χ2n) is 5.50. The van der Waals surface area contributed by atoms with Crippen molar-refractivity contribution in [2.75, 3.05) is 0 Å². The molecule has 0 spiro atoms. The van der Waals surface area contributed by atoms with Crippen LogP contribution < -0.4 is 5.32 Å². The Bertz CT molecular complexity index is 752. The van der Waals surface area contributed by atoms with Gasteiger partial charge in [0.05, 0.1) is 21.3 Å². The van der Waals surface area contributed by atoms with Gasteiger partial charge in [0.2, 0.25) is 5.91 Å². The molecule has 1 N–H and O–H groups in total. The van der Waals surface area contributed by atoms with Crippen molar-refractivity contribution < 1.29 is 4.79 Å². The number of para-hydroxylation sites is 1. The molecule has 118 valence electrons. The van der Waals surface area contributed by atoms with Gasteiger partial charge < -0.3 is 5.32 Å². The van der Waals surface area contributed by atoms with Gasteiger partial charge in [-0.3, -0.25) is 9.78 Å². The minimum atomic E-state index is -0.0151. The number of hydrogen-bond donors (Lipinski definition) is 1. The standard InChI is InChI=1S/C18H19N3OS/c1-13(14-6-5-11-19-12-14)20-17(22)9-4-10-18-21-15-7-2-3-8-16(15)23-18/h2-3,5-8,11-13H,4,9-10H2,1H3,(H,20,22). The zero-order valence-electron chi connectivity index (χ0n) is 13.0. The van der Waals surface area contributed by atoms with E-state index in [1.54, 1.807) is 23.7 Å². The molecule has 1 aromatic carbocycles. The predicted molar refractivity (Wildman–Crippen MR) is 93.4 cm³/mol. The van der Waals surface area contributed by atoms with Crippen molar-refractivity contribution in [1.29, 1.82) is 0 Å². The zero-order valence-corrected chi connectivity index (χ0v) is 13.8. The maximum atomic E-state index is 12.0. The number of aromatic nitrogens is 2. The summed E-state index contributed by atoms with van der Waals surface area (Å²) in [5.74, 6) is 0.0717. The fraction of sp³-hybridized carbons (Fsp3) is 0.278. The van der Waals surface area contributed by atoms with Gasteiger partial charge in [-0.2, -0.15) is 0 Å². The quantitative estimate of drug-likeness (QED) is 0.748. The van der Waals surface area contributed by atoms with Crippen molar-refractivity contribution in [2.45, 2.75) is 32.2 Å². The Morgan fingerprint density at radius 1 is 1.26 bits per heavy atom. The van der Waals surface area contributed by atoms with Gasteiger partial charge in [-0.15, -0.1) is 11.3 Å². The van der Waals surface area contributed by atoms with Gasteiger partial charge in [0, 0.05) is 18.8 Å². The van der Waals surface area contributed by atoms with E-state index in [1.165, 1.54) is 4.70 Å². The Morgan fingerprint density at radius 2 is 2.13 bits per heavy atom. The van der Waals surface area contributed by atoms with E-state index >= 15 is 0 Å². The Kier molecular flexibility index (Phi) is 4.98. The molecule has 1 atom stereocenters. The first-order chi connectivity index (χ1) is 11.2. The lowest BCUT2D eigenvalue weighted by Gasteiger charge is -2.13. The van der Waals surface area contributed by atoms with Crippen molar-refractivity contribution in [3.8, 4) is 0 Å². The van der Waals surface area contributed by atoms with E-state index in [-0.39, 0.29) is 11.9 Å². The topological polar surface area (TPSA) is 54.9 Å². The van der Waals surface area contributed by atoms with Crippen LogP contribution in [0.25, 0.3) is 10.2 Å². The number of rotatable bonds is 6. The van der Waals surface area contributed by atoms with Crippen molar-refractivity contribution in [2.24, 2.45) is 0 Å². The number of carbonyl (C=O) groups excluding carboxylic acids is 1. The van der Waals surface area contributed by atoms with Gasteiger partial charge in [-0.05, 0) is 43.5 Å². The summed E-state index contributed by atoms with van der Waals surface area (Å²) in [6, 6.07) is 12.0. The van der Waals surface area contributed by atoms with Crippen LogP contribution in [0.5, 0.6) is 0 Å². The molecule has 1 amide bonds. The molecule has 0 saturated carbocycles. The van der Waals surface area contributed by atoms with E-state index in [2.05, 4.69) is 21.4 Å². The minimum absolute atomic E-state index is 0.0151. The molecule has 0 saturated heterocycles. The Hall–Kier alpha value is -2.27. The summed E-state index contributed by atoms with van der Waals surface area (Å²) in [6.45, 7) is 1.97. The van der Waals surface area contributed by atoms with Crippen molar-refractivity contribution in [1.82, 2.24) is 15.3 Å². The van der Waals surface area contributed by atoms with E-state index in [4.69, 9.17) is 0 Å². The smallest absolute Gasteiger partial charge is 0.220 e. The Balaban J connectivity index is 1.47. The second kappa shape index (κ2) is 7.33. The zero-order chi connectivity index (χ0) is 16.1. The molecule has 0 aliphatic heterocycles. The third-order valence-electron chi connectivity index (χ3n) is 3.69. The first kappa shape index (κ1) is 15.6. The highest BCUT2D eigenvalue weighted by atomic mass is 32.1. The summed E-state index contributed by atoms with van der Waals surface area (Å²) in [7, 11) is 0. The first-order valence-corrected chi connectivity index (χ1v) is 8.58. The summed E-state index contributed by atoms with van der Waals surface area (Å²) < 4.78 is 1.21. The van der Waals surface area contributed by atoms with Gasteiger partial charge >= 0.3 is 0 Å². The second-order valence-corrected chi connectivity index (χ2v) is 6.62. The molecule has 0 aliphatic carbocycles. The number of amides is 1. The van der Waals surface area contributed by atoms with Crippen LogP contribution in [-0.2, 0) is 11.2 Å². The van der Waals surface area contributed by atoms with E-state index in [0.717, 1.165) is 28.9 Å². The van der Waals surface area contributed by atoms with Crippen LogP contribution in [0.1, 0.15) is 36.4 Å². The highest BCUT2D eigenvalue weighted by Crippen LogP contribution is 2.22. The van der Waals surface area contributed by atoms with Crippen LogP contribution in [0.4, 0.5) is 0 Å². The molecule has 3 rings (SSSR count). The molecule has 2 aromatic heterocycles. The monoisotopic (exact) mass is 325 g/mol. The molecule has 5 heteroatoms. The lowest BCUT2D eigenvalue weighted by atomic mass is 10.1. The Labute approximate surface area is 139 Å². The van der Waals surface area contributed by atoms with Crippen LogP contribution in [0.15, 0.2) is 48.8 Å². The summed E-state index contributed by atoms with van der Waals surface area (Å²) in [5, 5.41) is 4.11. The maximum Gasteiger partial charge on any atom is 0.220 e. The number of nitrogens with one attached hydrogen (secondary N) is 1. The predicted octanol–water partition coefficient (Wildman–Crippen LogP) is 3.89. The SMILES string of the molecule is CC(NC(=O)CCCc1nc2ccccc2s1)c1cccnc1. The normalized spacial score (nSPS) is 12.2. The molecular weight excluding hydrogens is 306 g/mol. The molecule has 1 unspecified atom stereocenters. The summed E-state index contributed by atoms with van der Waals surface area (Å²) in [6.07, 6.45) is 5.68. The fourth-order valence-corrected chi connectivity index (χ4v) is 3.47. The van der Waals surface area contributed by atoms with Crippen molar-refractivity contribution in [3.05, 3.63) is 59.4 Å². The summed E-state index contributed by atoms with van der Waals surface area (Å²) in [4.78, 5) is 20.7. The van der Waals surface area contributed by atoms with Crippen LogP contribution in [0, 0.1) is 0 Å². The van der Waals surface area contributed by atoms with Crippen molar-refractivity contribution >= 4 is 27.5 Å². The lowest BCUT2D eigenvalue weighted by molar-refractivity contribution is -0.121. The summed E-state index contributed by atoms with van der Waals surface area (Å²) >= 11 is 1.71. The van der Waals surface area contributed by atoms with Crippen LogP contribution in [0.2, 0.25) is 0 Å². The fourth-order valence-electron chi connectivity index (χ4n) is 2.46. The number of nitrogens with zero attached hydrogens (tertiary/aromatic N) is 2. The van der Waals surface area contributed by atoms with Gasteiger partial charge in [0.15, 0.2) is 0 Å². The molecule has 2 heterocycles. The van der Waals surface area contributed by atoms with Gasteiger partial charge in [-0.1, -0.05) is 18.2 Å². The van der Waals surface area contributed by atoms with Gasteiger partial charge in [0.1, 0.15) is 0 Å². The average Bonchev–Trinajstić information content (AvgIpc) is 2.98. The molecule has 3 aromatic rings. The van der Waals surface area contributed by atoms with Crippen LogP contribution in [-0.4, -0.2) is 15.9 Å². The van der Waals surface area contributed by atoms with E-state index in [9.17, 15) is 4.79 Å². The van der Waals surface area contributed by atoms with E-state index in [1.807, 2.05) is 37.3 Å². The third kappa shape index (κ3) is 4.13. The van der Waals surface area contributed by atoms with Crippen LogP contribution in [0.3, 0.4) is 0 Å². The van der Waals surface area contributed by atoms with Gasteiger partial charge in [-0.25, -0.2) is 4.98 Å². The first-order valence-electron chi connectivity index (χ1n) is 7.76. The number of carbonyl (C=O) groups is 1. The number of pyridine rings is 1. The number of fused-ring (bicyclic) bond motifs is 1.